The van der Waals surface area contributed by atoms with Crippen molar-refractivity contribution in [1.82, 2.24) is 15.5 Å². The van der Waals surface area contributed by atoms with E-state index < -0.39 is 0 Å². The molecule has 0 aliphatic carbocycles. The van der Waals surface area contributed by atoms with Crippen LogP contribution in [-0.4, -0.2) is 57.4 Å². The molecular weight excluding hydrogens is 384 g/mol. The summed E-state index contributed by atoms with van der Waals surface area (Å²) in [4.78, 5) is 9.44. The fourth-order valence-corrected chi connectivity index (χ4v) is 4.08. The molecule has 2 heterocycles. The molecule has 0 bridgehead atoms. The Bertz CT molecular complexity index is 772. The fraction of sp³-hybridized carbons (Fsp3) is 0.500. The molecule has 1 aromatic heterocycles. The summed E-state index contributed by atoms with van der Waals surface area (Å²) >= 11 is 1.85. The van der Waals surface area contributed by atoms with Gasteiger partial charge < -0.3 is 20.1 Å². The third kappa shape index (κ3) is 7.03. The van der Waals surface area contributed by atoms with Crippen LogP contribution in [0.4, 0.5) is 0 Å². The van der Waals surface area contributed by atoms with Crippen LogP contribution in [0.2, 0.25) is 0 Å². The lowest BCUT2D eigenvalue weighted by molar-refractivity contribution is 0.0322. The summed E-state index contributed by atoms with van der Waals surface area (Å²) in [5, 5.41) is 6.78. The molecule has 2 aromatic rings. The summed E-state index contributed by atoms with van der Waals surface area (Å²) in [6.07, 6.45) is 1.08. The van der Waals surface area contributed by atoms with E-state index in [1.807, 2.05) is 29.5 Å². The number of nitrogens with zero attached hydrogens (tertiary/aromatic N) is 2. The van der Waals surface area contributed by atoms with Gasteiger partial charge in [0, 0.05) is 48.5 Å². The molecule has 1 saturated heterocycles. The van der Waals surface area contributed by atoms with E-state index in [2.05, 4.69) is 45.6 Å². The van der Waals surface area contributed by atoms with Gasteiger partial charge in [0.15, 0.2) is 5.96 Å². The normalized spacial score (nSPS) is 15.3. The first-order chi connectivity index (χ1) is 14.3. The minimum atomic E-state index is 0.665. The summed E-state index contributed by atoms with van der Waals surface area (Å²) in [5.74, 6) is 1.72. The molecule has 0 unspecified atom stereocenters. The molecule has 0 atom stereocenters. The molecule has 158 valence electrons. The van der Waals surface area contributed by atoms with Gasteiger partial charge in [-0.1, -0.05) is 25.1 Å². The lowest BCUT2D eigenvalue weighted by atomic mass is 10.2. The summed E-state index contributed by atoms with van der Waals surface area (Å²) in [6.45, 7) is 8.84. The minimum absolute atomic E-state index is 0.665. The van der Waals surface area contributed by atoms with Gasteiger partial charge in [0.25, 0.3) is 0 Å². The van der Waals surface area contributed by atoms with Crippen molar-refractivity contribution in [3.05, 3.63) is 51.7 Å². The number of hydrogen-bond acceptors (Lipinski definition) is 5. The molecular formula is C22H32N4O2S. The third-order valence-electron chi connectivity index (χ3n) is 4.91. The van der Waals surface area contributed by atoms with Crippen LogP contribution in [0.5, 0.6) is 5.75 Å². The number of para-hydroxylation sites is 1. The Morgan fingerprint density at radius 2 is 1.86 bits per heavy atom. The van der Waals surface area contributed by atoms with Crippen molar-refractivity contribution >= 4 is 17.3 Å². The lowest BCUT2D eigenvalue weighted by Gasteiger charge is -2.26. The van der Waals surface area contributed by atoms with E-state index >= 15 is 0 Å². The molecule has 0 amide bonds. The summed E-state index contributed by atoms with van der Waals surface area (Å²) in [5.41, 5.74) is 1.13. The van der Waals surface area contributed by atoms with Crippen LogP contribution in [0.15, 0.2) is 41.4 Å². The largest absolute Gasteiger partial charge is 0.492 e. The topological polar surface area (TPSA) is 58.1 Å². The van der Waals surface area contributed by atoms with Crippen LogP contribution >= 0.6 is 11.3 Å². The highest BCUT2D eigenvalue weighted by Crippen LogP contribution is 2.18. The van der Waals surface area contributed by atoms with Crippen molar-refractivity contribution in [3.63, 3.8) is 0 Å². The van der Waals surface area contributed by atoms with Crippen LogP contribution in [0, 0.1) is 0 Å². The average molecular weight is 417 g/mol. The van der Waals surface area contributed by atoms with E-state index in [0.717, 1.165) is 63.1 Å². The van der Waals surface area contributed by atoms with Gasteiger partial charge in [-0.15, -0.1) is 11.3 Å². The second-order valence-corrected chi connectivity index (χ2v) is 8.16. The van der Waals surface area contributed by atoms with Gasteiger partial charge >= 0.3 is 0 Å². The van der Waals surface area contributed by atoms with Crippen molar-refractivity contribution < 1.29 is 9.47 Å². The molecule has 3 rings (SSSR count). The minimum Gasteiger partial charge on any atom is -0.492 e. The highest BCUT2D eigenvalue weighted by Gasteiger charge is 2.11. The van der Waals surface area contributed by atoms with E-state index in [1.54, 1.807) is 7.05 Å². The first-order valence-corrected chi connectivity index (χ1v) is 11.1. The first-order valence-electron chi connectivity index (χ1n) is 10.3. The number of rotatable bonds is 9. The number of thiophene rings is 1. The highest BCUT2D eigenvalue weighted by molar-refractivity contribution is 7.11. The number of aryl methyl sites for hydroxylation is 1. The van der Waals surface area contributed by atoms with E-state index in [4.69, 9.17) is 9.47 Å². The van der Waals surface area contributed by atoms with Gasteiger partial charge in [-0.3, -0.25) is 9.89 Å². The molecule has 0 spiro atoms. The predicted molar refractivity (Wildman–Crippen MR) is 120 cm³/mol. The maximum Gasteiger partial charge on any atom is 0.191 e. The number of morpholine rings is 1. The number of aliphatic imine (C=N–C) groups is 1. The Morgan fingerprint density at radius 3 is 2.62 bits per heavy atom. The average Bonchev–Trinajstić information content (AvgIpc) is 3.24. The number of ether oxygens (including phenoxy) is 2. The Labute approximate surface area is 177 Å². The van der Waals surface area contributed by atoms with Crippen molar-refractivity contribution in [2.75, 3.05) is 46.5 Å². The van der Waals surface area contributed by atoms with Crippen LogP contribution in [-0.2, 0) is 24.2 Å². The molecule has 0 saturated carbocycles. The van der Waals surface area contributed by atoms with E-state index in [-0.39, 0.29) is 0 Å². The highest BCUT2D eigenvalue weighted by atomic mass is 32.1. The number of benzene rings is 1. The molecule has 1 aromatic carbocycles. The Balaban J connectivity index is 1.46. The quantitative estimate of drug-likeness (QED) is 0.486. The first kappa shape index (κ1) is 21.6. The molecule has 0 radical (unpaired) electrons. The zero-order valence-corrected chi connectivity index (χ0v) is 18.3. The second kappa shape index (κ2) is 11.8. The molecule has 2 N–H and O–H groups in total. The van der Waals surface area contributed by atoms with Gasteiger partial charge in [-0.2, -0.15) is 0 Å². The van der Waals surface area contributed by atoms with Crippen LogP contribution in [0.3, 0.4) is 0 Å². The zero-order chi connectivity index (χ0) is 20.3. The van der Waals surface area contributed by atoms with E-state index in [1.165, 1.54) is 9.75 Å². The summed E-state index contributed by atoms with van der Waals surface area (Å²) < 4.78 is 11.5. The Kier molecular flexibility index (Phi) is 8.80. The number of hydrogen-bond donors (Lipinski definition) is 2. The van der Waals surface area contributed by atoms with Gasteiger partial charge in [-0.05, 0) is 24.6 Å². The number of guanidine groups is 1. The Hall–Kier alpha value is -2.09. The van der Waals surface area contributed by atoms with Crippen molar-refractivity contribution in [2.45, 2.75) is 26.4 Å². The van der Waals surface area contributed by atoms with Crippen LogP contribution < -0.4 is 15.4 Å². The van der Waals surface area contributed by atoms with Gasteiger partial charge in [0.2, 0.25) is 0 Å². The number of nitrogens with one attached hydrogen (secondary N) is 2. The third-order valence-corrected chi connectivity index (χ3v) is 6.14. The smallest absolute Gasteiger partial charge is 0.191 e. The second-order valence-electron chi connectivity index (χ2n) is 6.91. The molecule has 7 heteroatoms. The summed E-state index contributed by atoms with van der Waals surface area (Å²) in [7, 11) is 1.80. The van der Waals surface area contributed by atoms with Gasteiger partial charge in [-0.25, -0.2) is 0 Å². The molecule has 6 nitrogen and oxygen atoms in total. The standard InChI is InChI=1S/C22H32N4O2S/c1-3-19-8-9-20(29-19)17-25-22(23-2)24-16-18-6-4-5-7-21(18)28-15-12-26-10-13-27-14-11-26/h4-9H,3,10-17H2,1-2H3,(H2,23,24,25). The SMILES string of the molecule is CCc1ccc(CNC(=NC)NCc2ccccc2OCCN2CCOCC2)s1. The monoisotopic (exact) mass is 416 g/mol. The van der Waals surface area contributed by atoms with Crippen molar-refractivity contribution in [2.24, 2.45) is 4.99 Å². The van der Waals surface area contributed by atoms with E-state index in [0.29, 0.717) is 13.2 Å². The van der Waals surface area contributed by atoms with Gasteiger partial charge in [0.1, 0.15) is 12.4 Å². The molecule has 1 aliphatic heterocycles. The maximum absolute atomic E-state index is 6.07. The van der Waals surface area contributed by atoms with Crippen molar-refractivity contribution in [3.8, 4) is 5.75 Å². The maximum atomic E-state index is 6.07. The predicted octanol–water partition coefficient (Wildman–Crippen LogP) is 2.89. The van der Waals surface area contributed by atoms with Crippen molar-refractivity contribution in [1.29, 1.82) is 0 Å². The molecule has 29 heavy (non-hydrogen) atoms. The van der Waals surface area contributed by atoms with E-state index in [9.17, 15) is 0 Å². The Morgan fingerprint density at radius 1 is 1.10 bits per heavy atom. The van der Waals surface area contributed by atoms with Gasteiger partial charge in [0.05, 0.1) is 19.8 Å². The summed E-state index contributed by atoms with van der Waals surface area (Å²) in [6, 6.07) is 12.6. The van der Waals surface area contributed by atoms with Crippen LogP contribution in [0.1, 0.15) is 22.2 Å². The zero-order valence-electron chi connectivity index (χ0n) is 17.4. The lowest BCUT2D eigenvalue weighted by Crippen LogP contribution is -2.38. The molecule has 1 fully saturated rings. The fourth-order valence-electron chi connectivity index (χ4n) is 3.18. The molecule has 1 aliphatic rings. The van der Waals surface area contributed by atoms with Crippen LogP contribution in [0.25, 0.3) is 0 Å².